The highest BCUT2D eigenvalue weighted by atomic mass is 79.9. The second-order valence-corrected chi connectivity index (χ2v) is 6.02. The maximum Gasteiger partial charge on any atom is 0.411 e. The first-order chi connectivity index (χ1) is 11.8. The van der Waals surface area contributed by atoms with Gasteiger partial charge in [-0.05, 0) is 35.9 Å². The predicted octanol–water partition coefficient (Wildman–Crippen LogP) is 4.79. The molecule has 0 saturated heterocycles. The summed E-state index contributed by atoms with van der Waals surface area (Å²) < 4.78 is 46.6. The van der Waals surface area contributed by atoms with Gasteiger partial charge in [0.25, 0.3) is 5.91 Å². The van der Waals surface area contributed by atoms with E-state index in [1.54, 1.807) is 30.3 Å². The minimum atomic E-state index is -4.36. The van der Waals surface area contributed by atoms with E-state index in [2.05, 4.69) is 26.0 Å². The second kappa shape index (κ2) is 8.35. The van der Waals surface area contributed by atoms with Crippen LogP contribution in [0.1, 0.15) is 15.9 Å². The summed E-state index contributed by atoms with van der Waals surface area (Å²) in [5.41, 5.74) is 1.40. The monoisotopic (exact) mass is 417 g/mol. The van der Waals surface area contributed by atoms with Crippen LogP contribution in [-0.4, -0.2) is 25.8 Å². The average molecular weight is 418 g/mol. The molecule has 1 amide bonds. The Balaban J connectivity index is 2.00. The number of nitrogens with one attached hydrogen (secondary N) is 1. The second-order valence-electron chi connectivity index (χ2n) is 5.10. The molecule has 0 aliphatic carbocycles. The van der Waals surface area contributed by atoms with Gasteiger partial charge in [-0.1, -0.05) is 28.1 Å². The molecule has 0 atom stereocenters. The zero-order valence-electron chi connectivity index (χ0n) is 13.2. The molecule has 0 aliphatic rings. The zero-order valence-corrected chi connectivity index (χ0v) is 14.8. The van der Waals surface area contributed by atoms with Crippen LogP contribution in [0.4, 0.5) is 18.9 Å². The molecule has 0 aromatic heterocycles. The standard InChI is InChI=1S/C17H15BrF3NO3/c1-24-15-7-6-13(18)8-14(15)22-16(23)12-4-2-11(3-5-12)9-25-10-17(19,20)21/h2-8H,9-10H2,1H3,(H,22,23). The van der Waals surface area contributed by atoms with Crippen molar-refractivity contribution in [2.75, 3.05) is 19.0 Å². The Kier molecular flexibility index (Phi) is 6.44. The van der Waals surface area contributed by atoms with Crippen LogP contribution in [0.25, 0.3) is 0 Å². The number of benzene rings is 2. The summed E-state index contributed by atoms with van der Waals surface area (Å²) in [5, 5.41) is 2.73. The molecule has 0 bridgehead atoms. The number of hydrogen-bond acceptors (Lipinski definition) is 3. The molecule has 134 valence electrons. The van der Waals surface area contributed by atoms with E-state index in [4.69, 9.17) is 4.74 Å². The minimum absolute atomic E-state index is 0.180. The average Bonchev–Trinajstić information content (AvgIpc) is 2.54. The van der Waals surface area contributed by atoms with Gasteiger partial charge in [0.1, 0.15) is 12.4 Å². The van der Waals surface area contributed by atoms with E-state index in [1.165, 1.54) is 19.2 Å². The highest BCUT2D eigenvalue weighted by Crippen LogP contribution is 2.28. The topological polar surface area (TPSA) is 47.6 Å². The van der Waals surface area contributed by atoms with Crippen LogP contribution in [0.15, 0.2) is 46.9 Å². The molecule has 0 fully saturated rings. The molecule has 2 aromatic rings. The predicted molar refractivity (Wildman–Crippen MR) is 90.8 cm³/mol. The van der Waals surface area contributed by atoms with E-state index in [9.17, 15) is 18.0 Å². The molecule has 0 heterocycles. The molecule has 25 heavy (non-hydrogen) atoms. The van der Waals surface area contributed by atoms with Crippen molar-refractivity contribution in [3.8, 4) is 5.75 Å². The van der Waals surface area contributed by atoms with Gasteiger partial charge in [0.05, 0.1) is 19.4 Å². The lowest BCUT2D eigenvalue weighted by atomic mass is 10.1. The molecule has 0 spiro atoms. The molecule has 4 nitrogen and oxygen atoms in total. The van der Waals surface area contributed by atoms with Crippen LogP contribution in [0.3, 0.4) is 0 Å². The third kappa shape index (κ3) is 6.06. The molecule has 1 N–H and O–H groups in total. The van der Waals surface area contributed by atoms with Crippen LogP contribution in [0.5, 0.6) is 5.75 Å². The fourth-order valence-electron chi connectivity index (χ4n) is 2.01. The number of halogens is 4. The molecule has 0 radical (unpaired) electrons. The third-order valence-electron chi connectivity index (χ3n) is 3.16. The first-order valence-electron chi connectivity index (χ1n) is 7.17. The molecule has 0 saturated carbocycles. The van der Waals surface area contributed by atoms with E-state index >= 15 is 0 Å². The van der Waals surface area contributed by atoms with E-state index < -0.39 is 12.8 Å². The zero-order chi connectivity index (χ0) is 18.4. The van der Waals surface area contributed by atoms with Gasteiger partial charge in [-0.2, -0.15) is 13.2 Å². The molecule has 0 aliphatic heterocycles. The molecule has 0 unspecified atom stereocenters. The minimum Gasteiger partial charge on any atom is -0.495 e. The summed E-state index contributed by atoms with van der Waals surface area (Å²) in [4.78, 5) is 12.3. The summed E-state index contributed by atoms with van der Waals surface area (Å²) in [6, 6.07) is 11.3. The first kappa shape index (κ1) is 19.3. The van der Waals surface area contributed by atoms with Crippen LogP contribution in [0, 0.1) is 0 Å². The van der Waals surface area contributed by atoms with Crippen LogP contribution in [-0.2, 0) is 11.3 Å². The lowest BCUT2D eigenvalue weighted by molar-refractivity contribution is -0.176. The van der Waals surface area contributed by atoms with Gasteiger partial charge in [0, 0.05) is 10.0 Å². The maximum atomic E-state index is 12.3. The number of anilines is 1. The number of rotatable bonds is 6. The Hall–Kier alpha value is -2.06. The van der Waals surface area contributed by atoms with Crippen molar-refractivity contribution in [3.05, 3.63) is 58.1 Å². The van der Waals surface area contributed by atoms with E-state index in [1.807, 2.05) is 0 Å². The first-order valence-corrected chi connectivity index (χ1v) is 7.96. The Bertz CT molecular complexity index is 733. The number of ether oxygens (including phenoxy) is 2. The Labute approximate surface area is 151 Å². The Morgan fingerprint density at radius 2 is 1.84 bits per heavy atom. The van der Waals surface area contributed by atoms with E-state index in [0.29, 0.717) is 22.6 Å². The van der Waals surface area contributed by atoms with Crippen molar-refractivity contribution in [1.82, 2.24) is 0 Å². The van der Waals surface area contributed by atoms with Gasteiger partial charge in [-0.3, -0.25) is 4.79 Å². The smallest absolute Gasteiger partial charge is 0.411 e. The largest absolute Gasteiger partial charge is 0.495 e. The highest BCUT2D eigenvalue weighted by molar-refractivity contribution is 9.10. The number of carbonyl (C=O) groups is 1. The fourth-order valence-corrected chi connectivity index (χ4v) is 2.37. The van der Waals surface area contributed by atoms with Crippen molar-refractivity contribution in [3.63, 3.8) is 0 Å². The maximum absolute atomic E-state index is 12.3. The van der Waals surface area contributed by atoms with Crippen molar-refractivity contribution in [2.24, 2.45) is 0 Å². The molecule has 2 aromatic carbocycles. The number of hydrogen-bond donors (Lipinski definition) is 1. The summed E-state index contributed by atoms with van der Waals surface area (Å²) in [7, 11) is 1.49. The number of amides is 1. The fraction of sp³-hybridized carbons (Fsp3) is 0.235. The summed E-state index contributed by atoms with van der Waals surface area (Å²) in [6.07, 6.45) is -4.36. The van der Waals surface area contributed by atoms with Crippen LogP contribution < -0.4 is 10.1 Å². The van der Waals surface area contributed by atoms with Crippen LogP contribution >= 0.6 is 15.9 Å². The molecular weight excluding hydrogens is 403 g/mol. The number of carbonyl (C=O) groups excluding carboxylic acids is 1. The van der Waals surface area contributed by atoms with Gasteiger partial charge in [-0.15, -0.1) is 0 Å². The van der Waals surface area contributed by atoms with E-state index in [-0.39, 0.29) is 12.5 Å². The SMILES string of the molecule is COc1ccc(Br)cc1NC(=O)c1ccc(COCC(F)(F)F)cc1. The number of alkyl halides is 3. The van der Waals surface area contributed by atoms with Gasteiger partial charge >= 0.3 is 6.18 Å². The Morgan fingerprint density at radius 3 is 2.44 bits per heavy atom. The summed E-state index contributed by atoms with van der Waals surface area (Å²) >= 11 is 3.32. The van der Waals surface area contributed by atoms with Crippen LogP contribution in [0.2, 0.25) is 0 Å². The molecule has 8 heteroatoms. The van der Waals surface area contributed by atoms with Crippen molar-refractivity contribution in [1.29, 1.82) is 0 Å². The number of methoxy groups -OCH3 is 1. The third-order valence-corrected chi connectivity index (χ3v) is 3.65. The van der Waals surface area contributed by atoms with Gasteiger partial charge in [0.15, 0.2) is 0 Å². The van der Waals surface area contributed by atoms with Crippen molar-refractivity contribution < 1.29 is 27.4 Å². The lowest BCUT2D eigenvalue weighted by Crippen LogP contribution is -2.16. The van der Waals surface area contributed by atoms with Crippen molar-refractivity contribution in [2.45, 2.75) is 12.8 Å². The summed E-state index contributed by atoms with van der Waals surface area (Å²) in [6.45, 7) is -1.49. The van der Waals surface area contributed by atoms with E-state index in [0.717, 1.165) is 4.47 Å². The normalized spacial score (nSPS) is 11.2. The summed E-state index contributed by atoms with van der Waals surface area (Å²) in [5.74, 6) is 0.146. The quantitative estimate of drug-likeness (QED) is 0.734. The van der Waals surface area contributed by atoms with Gasteiger partial charge < -0.3 is 14.8 Å². The van der Waals surface area contributed by atoms with Crippen molar-refractivity contribution >= 4 is 27.5 Å². The highest BCUT2D eigenvalue weighted by Gasteiger charge is 2.27. The van der Waals surface area contributed by atoms with Gasteiger partial charge in [-0.25, -0.2) is 0 Å². The van der Waals surface area contributed by atoms with Gasteiger partial charge in [0.2, 0.25) is 0 Å². The lowest BCUT2D eigenvalue weighted by Gasteiger charge is -2.11. The Morgan fingerprint density at radius 1 is 1.16 bits per heavy atom. The molecule has 2 rings (SSSR count). The molecular formula is C17H15BrF3NO3.